The Bertz CT molecular complexity index is 381. The van der Waals surface area contributed by atoms with Crippen LogP contribution in [0.25, 0.3) is 0 Å². The Balaban J connectivity index is 1.99. The molecule has 94 valence electrons. The van der Waals surface area contributed by atoms with Crippen molar-refractivity contribution in [3.63, 3.8) is 0 Å². The van der Waals surface area contributed by atoms with Crippen LogP contribution in [0.4, 0.5) is 0 Å². The molecule has 0 bridgehead atoms. The molecule has 0 aromatic carbocycles. The van der Waals surface area contributed by atoms with Gasteiger partial charge in [-0.15, -0.1) is 0 Å². The van der Waals surface area contributed by atoms with Crippen LogP contribution in [0.15, 0.2) is 12.4 Å². The molecule has 1 heterocycles. The van der Waals surface area contributed by atoms with Gasteiger partial charge >= 0.3 is 0 Å². The first kappa shape index (κ1) is 12.1. The molecule has 0 radical (unpaired) electrons. The smallest absolute Gasteiger partial charge is 0.230 e. The third-order valence-electron chi connectivity index (χ3n) is 3.64. The molecule has 1 aliphatic rings. The standard InChI is InChI=1S/C12H20N4O/c1-9-3-12(4-9,8-13)11(17)16(2)7-10-5-14-15-6-10/h5-6,9H,3-4,7-8,13H2,1-2H3,(H,14,15). The maximum atomic E-state index is 12.4. The zero-order valence-corrected chi connectivity index (χ0v) is 10.4. The molecular formula is C12H20N4O. The van der Waals surface area contributed by atoms with Gasteiger partial charge in [0.15, 0.2) is 0 Å². The van der Waals surface area contributed by atoms with E-state index in [0.717, 1.165) is 18.4 Å². The van der Waals surface area contributed by atoms with Crippen molar-refractivity contribution in [2.75, 3.05) is 13.6 Å². The summed E-state index contributed by atoms with van der Waals surface area (Å²) >= 11 is 0. The highest BCUT2D eigenvalue weighted by Crippen LogP contribution is 2.45. The molecule has 1 amide bonds. The zero-order valence-electron chi connectivity index (χ0n) is 10.4. The molecule has 5 nitrogen and oxygen atoms in total. The van der Waals surface area contributed by atoms with Crippen LogP contribution in [0.5, 0.6) is 0 Å². The highest BCUT2D eigenvalue weighted by Gasteiger charge is 2.48. The van der Waals surface area contributed by atoms with Gasteiger partial charge in [-0.3, -0.25) is 9.89 Å². The minimum absolute atomic E-state index is 0.166. The second-order valence-corrected chi connectivity index (χ2v) is 5.27. The lowest BCUT2D eigenvalue weighted by molar-refractivity contribution is -0.148. The topological polar surface area (TPSA) is 75.0 Å². The molecule has 1 saturated carbocycles. The molecule has 2 rings (SSSR count). The van der Waals surface area contributed by atoms with Crippen LogP contribution in [0.3, 0.4) is 0 Å². The summed E-state index contributed by atoms with van der Waals surface area (Å²) in [6.45, 7) is 3.20. The van der Waals surface area contributed by atoms with Crippen molar-refractivity contribution in [2.45, 2.75) is 26.3 Å². The maximum absolute atomic E-state index is 12.4. The number of aromatic nitrogens is 2. The van der Waals surface area contributed by atoms with Crippen molar-refractivity contribution in [1.82, 2.24) is 15.1 Å². The first-order valence-electron chi connectivity index (χ1n) is 6.01. The van der Waals surface area contributed by atoms with Gasteiger partial charge in [0, 0.05) is 31.9 Å². The lowest BCUT2D eigenvalue weighted by atomic mass is 9.62. The van der Waals surface area contributed by atoms with Gasteiger partial charge in [0.1, 0.15) is 0 Å². The number of nitrogens with two attached hydrogens (primary N) is 1. The summed E-state index contributed by atoms with van der Waals surface area (Å²) < 4.78 is 0. The molecule has 1 aromatic heterocycles. The van der Waals surface area contributed by atoms with E-state index in [1.165, 1.54) is 0 Å². The van der Waals surface area contributed by atoms with Crippen molar-refractivity contribution < 1.29 is 4.79 Å². The first-order valence-corrected chi connectivity index (χ1v) is 6.01. The lowest BCUT2D eigenvalue weighted by Crippen LogP contribution is -2.53. The van der Waals surface area contributed by atoms with E-state index in [1.54, 1.807) is 11.1 Å². The molecule has 0 saturated heterocycles. The number of amides is 1. The molecule has 0 aliphatic heterocycles. The molecular weight excluding hydrogens is 216 g/mol. The van der Waals surface area contributed by atoms with Crippen LogP contribution < -0.4 is 5.73 Å². The van der Waals surface area contributed by atoms with Crippen LogP contribution in [0.2, 0.25) is 0 Å². The molecule has 0 atom stereocenters. The van der Waals surface area contributed by atoms with Crippen molar-refractivity contribution >= 4 is 5.91 Å². The number of hydrogen-bond donors (Lipinski definition) is 2. The number of carbonyl (C=O) groups excluding carboxylic acids is 1. The van der Waals surface area contributed by atoms with Crippen molar-refractivity contribution in [3.05, 3.63) is 18.0 Å². The van der Waals surface area contributed by atoms with E-state index in [4.69, 9.17) is 5.73 Å². The Morgan fingerprint density at radius 3 is 2.88 bits per heavy atom. The fourth-order valence-corrected chi connectivity index (χ4v) is 2.82. The fourth-order valence-electron chi connectivity index (χ4n) is 2.82. The molecule has 0 spiro atoms. The Hall–Kier alpha value is -1.36. The summed E-state index contributed by atoms with van der Waals surface area (Å²) in [4.78, 5) is 14.1. The first-order chi connectivity index (χ1) is 8.07. The van der Waals surface area contributed by atoms with Gasteiger partial charge in [0.2, 0.25) is 5.91 Å². The molecule has 1 fully saturated rings. The predicted molar refractivity (Wildman–Crippen MR) is 64.9 cm³/mol. The molecule has 1 aromatic rings. The lowest BCUT2D eigenvalue weighted by Gasteiger charge is -2.46. The molecule has 3 N–H and O–H groups in total. The van der Waals surface area contributed by atoms with Crippen molar-refractivity contribution in [3.8, 4) is 0 Å². The Morgan fingerprint density at radius 2 is 2.41 bits per heavy atom. The van der Waals surface area contributed by atoms with E-state index in [0.29, 0.717) is 19.0 Å². The minimum atomic E-state index is -0.308. The second-order valence-electron chi connectivity index (χ2n) is 5.27. The number of rotatable bonds is 4. The fraction of sp³-hybridized carbons (Fsp3) is 0.667. The van der Waals surface area contributed by atoms with Gasteiger partial charge < -0.3 is 10.6 Å². The zero-order chi connectivity index (χ0) is 12.5. The average Bonchev–Trinajstić information content (AvgIpc) is 2.76. The maximum Gasteiger partial charge on any atom is 0.230 e. The van der Waals surface area contributed by atoms with E-state index in [2.05, 4.69) is 17.1 Å². The SMILES string of the molecule is CC1CC(CN)(C(=O)N(C)Cc2cn[nH]c2)C1. The van der Waals surface area contributed by atoms with E-state index < -0.39 is 0 Å². The highest BCUT2D eigenvalue weighted by atomic mass is 16.2. The van der Waals surface area contributed by atoms with Crippen LogP contribution in [-0.2, 0) is 11.3 Å². The van der Waals surface area contributed by atoms with E-state index >= 15 is 0 Å². The van der Waals surface area contributed by atoms with Crippen LogP contribution in [0.1, 0.15) is 25.3 Å². The summed E-state index contributed by atoms with van der Waals surface area (Å²) in [5, 5.41) is 6.62. The van der Waals surface area contributed by atoms with E-state index in [-0.39, 0.29) is 11.3 Å². The van der Waals surface area contributed by atoms with Gasteiger partial charge in [0.25, 0.3) is 0 Å². The number of hydrogen-bond acceptors (Lipinski definition) is 3. The predicted octanol–water partition coefficient (Wildman–Crippen LogP) is 0.743. The van der Waals surface area contributed by atoms with E-state index in [1.807, 2.05) is 13.2 Å². The summed E-state index contributed by atoms with van der Waals surface area (Å²) in [5.41, 5.74) is 6.48. The molecule has 5 heteroatoms. The van der Waals surface area contributed by atoms with Crippen LogP contribution in [-0.4, -0.2) is 34.6 Å². The van der Waals surface area contributed by atoms with Gasteiger partial charge in [-0.05, 0) is 18.8 Å². The van der Waals surface area contributed by atoms with E-state index in [9.17, 15) is 4.79 Å². The van der Waals surface area contributed by atoms with Gasteiger partial charge in [-0.25, -0.2) is 0 Å². The second kappa shape index (κ2) is 4.49. The minimum Gasteiger partial charge on any atom is -0.341 e. The molecule has 1 aliphatic carbocycles. The number of aromatic amines is 1. The number of carbonyl (C=O) groups is 1. The summed E-state index contributed by atoms with van der Waals surface area (Å²) in [6.07, 6.45) is 5.38. The van der Waals surface area contributed by atoms with Gasteiger partial charge in [0.05, 0.1) is 11.6 Å². The third-order valence-corrected chi connectivity index (χ3v) is 3.64. The summed E-state index contributed by atoms with van der Waals surface area (Å²) in [6, 6.07) is 0. The third kappa shape index (κ3) is 2.20. The largest absolute Gasteiger partial charge is 0.341 e. The number of nitrogens with zero attached hydrogens (tertiary/aromatic N) is 2. The highest BCUT2D eigenvalue weighted by molar-refractivity contribution is 5.83. The molecule has 17 heavy (non-hydrogen) atoms. The van der Waals surface area contributed by atoms with Crippen LogP contribution >= 0.6 is 0 Å². The Labute approximate surface area is 101 Å². The van der Waals surface area contributed by atoms with Crippen molar-refractivity contribution in [2.24, 2.45) is 17.1 Å². The van der Waals surface area contributed by atoms with Crippen molar-refractivity contribution in [1.29, 1.82) is 0 Å². The average molecular weight is 236 g/mol. The van der Waals surface area contributed by atoms with Gasteiger partial charge in [-0.1, -0.05) is 6.92 Å². The summed E-state index contributed by atoms with van der Waals surface area (Å²) in [7, 11) is 1.83. The number of nitrogens with one attached hydrogen (secondary N) is 1. The van der Waals surface area contributed by atoms with Gasteiger partial charge in [-0.2, -0.15) is 5.10 Å². The molecule has 0 unspecified atom stereocenters. The number of H-pyrrole nitrogens is 1. The summed E-state index contributed by atoms with van der Waals surface area (Å²) in [5.74, 6) is 0.782. The monoisotopic (exact) mass is 236 g/mol. The quantitative estimate of drug-likeness (QED) is 0.809. The normalized spacial score (nSPS) is 27.6. The van der Waals surface area contributed by atoms with Crippen LogP contribution in [0, 0.1) is 11.3 Å². The Morgan fingerprint density at radius 1 is 1.71 bits per heavy atom. The Kier molecular flexibility index (Phi) is 3.19.